The van der Waals surface area contributed by atoms with E-state index in [1.807, 2.05) is 0 Å². The van der Waals surface area contributed by atoms with Crippen molar-refractivity contribution in [3.05, 3.63) is 0 Å². The highest BCUT2D eigenvalue weighted by Crippen LogP contribution is 2.27. The molecule has 1 saturated carbocycles. The van der Waals surface area contributed by atoms with E-state index in [2.05, 4.69) is 33.0 Å². The summed E-state index contributed by atoms with van der Waals surface area (Å²) in [5.74, 6) is 0. The largest absolute Gasteiger partial charge is 0.373 e. The molecule has 0 aliphatic heterocycles. The Morgan fingerprint density at radius 3 is 2.43 bits per heavy atom. The van der Waals surface area contributed by atoms with Gasteiger partial charge in [0.05, 0.1) is 11.7 Å². The van der Waals surface area contributed by atoms with Crippen molar-refractivity contribution in [3.8, 4) is 0 Å². The lowest BCUT2D eigenvalue weighted by Crippen LogP contribution is -2.47. The van der Waals surface area contributed by atoms with Gasteiger partial charge < -0.3 is 10.1 Å². The minimum atomic E-state index is 0.0268. The summed E-state index contributed by atoms with van der Waals surface area (Å²) < 4.78 is 5.87. The lowest BCUT2D eigenvalue weighted by atomic mass is 9.88. The first kappa shape index (κ1) is 12.0. The molecule has 14 heavy (non-hydrogen) atoms. The molecule has 0 atom stereocenters. The lowest BCUT2D eigenvalue weighted by Gasteiger charge is -2.39. The third-order valence-electron chi connectivity index (χ3n) is 2.58. The molecule has 0 unspecified atom stereocenters. The summed E-state index contributed by atoms with van der Waals surface area (Å²) in [6.07, 6.45) is 5.46. The maximum Gasteiger partial charge on any atom is 0.0612 e. The second kappa shape index (κ2) is 5.13. The van der Waals surface area contributed by atoms with E-state index in [9.17, 15) is 0 Å². The first-order chi connectivity index (χ1) is 6.51. The first-order valence-corrected chi connectivity index (χ1v) is 5.92. The van der Waals surface area contributed by atoms with Gasteiger partial charge in [-0.1, -0.05) is 13.3 Å². The summed E-state index contributed by atoms with van der Waals surface area (Å²) in [5, 5.41) is 3.56. The van der Waals surface area contributed by atoms with Crippen molar-refractivity contribution in [1.82, 2.24) is 5.32 Å². The highest BCUT2D eigenvalue weighted by atomic mass is 16.5. The van der Waals surface area contributed by atoms with E-state index in [1.165, 1.54) is 32.2 Å². The molecule has 2 heteroatoms. The minimum Gasteiger partial charge on any atom is -0.373 e. The van der Waals surface area contributed by atoms with Gasteiger partial charge in [0.15, 0.2) is 0 Å². The summed E-state index contributed by atoms with van der Waals surface area (Å²) in [6.45, 7) is 9.79. The third-order valence-corrected chi connectivity index (χ3v) is 2.58. The Balaban J connectivity index is 2.00. The maximum absolute atomic E-state index is 5.87. The molecule has 1 N–H and O–H groups in total. The molecule has 0 aromatic rings. The van der Waals surface area contributed by atoms with Crippen LogP contribution >= 0.6 is 0 Å². The predicted octanol–water partition coefficient (Wildman–Crippen LogP) is 2.72. The number of unbranched alkanes of at least 4 members (excludes halogenated alkanes) is 1. The van der Waals surface area contributed by atoms with Gasteiger partial charge in [0.2, 0.25) is 0 Å². The molecule has 1 aliphatic carbocycles. The second-order valence-electron chi connectivity index (χ2n) is 5.33. The van der Waals surface area contributed by atoms with Gasteiger partial charge in [0, 0.05) is 6.04 Å². The van der Waals surface area contributed by atoms with Gasteiger partial charge in [-0.2, -0.15) is 0 Å². The number of hydrogen-bond acceptors (Lipinski definition) is 2. The van der Waals surface area contributed by atoms with Crippen LogP contribution in [0.25, 0.3) is 0 Å². The quantitative estimate of drug-likeness (QED) is 0.687. The van der Waals surface area contributed by atoms with E-state index >= 15 is 0 Å². The second-order valence-corrected chi connectivity index (χ2v) is 5.33. The molecule has 0 heterocycles. The molecule has 0 radical (unpaired) electrons. The van der Waals surface area contributed by atoms with E-state index in [0.29, 0.717) is 12.1 Å². The molecule has 0 bridgehead atoms. The molecule has 0 saturated heterocycles. The molecule has 1 rings (SSSR count). The highest BCUT2D eigenvalue weighted by Gasteiger charge is 2.32. The van der Waals surface area contributed by atoms with Gasteiger partial charge in [0.25, 0.3) is 0 Å². The van der Waals surface area contributed by atoms with E-state index < -0.39 is 0 Å². The van der Waals surface area contributed by atoms with Crippen LogP contribution in [-0.4, -0.2) is 24.3 Å². The van der Waals surface area contributed by atoms with Gasteiger partial charge >= 0.3 is 0 Å². The van der Waals surface area contributed by atoms with Crippen LogP contribution in [0.1, 0.15) is 53.4 Å². The Morgan fingerprint density at radius 2 is 1.93 bits per heavy atom. The summed E-state index contributed by atoms with van der Waals surface area (Å²) in [5.41, 5.74) is 0.0268. The first-order valence-electron chi connectivity index (χ1n) is 5.92. The van der Waals surface area contributed by atoms with Gasteiger partial charge in [-0.3, -0.25) is 0 Å². The van der Waals surface area contributed by atoms with Crippen LogP contribution in [0.4, 0.5) is 0 Å². The molecule has 84 valence electrons. The number of ether oxygens (including phenoxy) is 1. The molecule has 0 aromatic heterocycles. The Kier molecular flexibility index (Phi) is 4.39. The minimum absolute atomic E-state index is 0.0268. The van der Waals surface area contributed by atoms with Crippen molar-refractivity contribution >= 4 is 0 Å². The van der Waals surface area contributed by atoms with Crippen LogP contribution in [-0.2, 0) is 4.74 Å². The van der Waals surface area contributed by atoms with Gasteiger partial charge in [-0.05, 0) is 46.6 Å². The number of rotatable bonds is 5. The van der Waals surface area contributed by atoms with Gasteiger partial charge in [-0.25, -0.2) is 0 Å². The monoisotopic (exact) mass is 199 g/mol. The molecular weight excluding hydrogens is 174 g/mol. The molecule has 1 aliphatic rings. The predicted molar refractivity (Wildman–Crippen MR) is 60.6 cm³/mol. The maximum atomic E-state index is 5.87. The topological polar surface area (TPSA) is 21.3 Å². The van der Waals surface area contributed by atoms with Crippen LogP contribution in [0, 0.1) is 0 Å². The summed E-state index contributed by atoms with van der Waals surface area (Å²) in [4.78, 5) is 0. The zero-order chi connectivity index (χ0) is 10.6. The van der Waals surface area contributed by atoms with Crippen molar-refractivity contribution in [2.45, 2.75) is 71.1 Å². The normalized spacial score (nSPS) is 27.4. The van der Waals surface area contributed by atoms with Gasteiger partial charge in [-0.15, -0.1) is 0 Å². The number of nitrogens with one attached hydrogen (secondary N) is 1. The van der Waals surface area contributed by atoms with Crippen molar-refractivity contribution in [1.29, 1.82) is 0 Å². The molecule has 0 aromatic carbocycles. The average molecular weight is 199 g/mol. The number of hydrogen-bond donors (Lipinski definition) is 1. The Labute approximate surface area is 88.4 Å². The Hall–Kier alpha value is -0.0800. The van der Waals surface area contributed by atoms with E-state index in [1.54, 1.807) is 0 Å². The van der Waals surface area contributed by atoms with Crippen LogP contribution in [0.15, 0.2) is 0 Å². The fourth-order valence-corrected chi connectivity index (χ4v) is 1.81. The van der Waals surface area contributed by atoms with E-state index in [0.717, 1.165) is 0 Å². The van der Waals surface area contributed by atoms with Crippen LogP contribution < -0.4 is 5.32 Å². The lowest BCUT2D eigenvalue weighted by molar-refractivity contribution is -0.102. The highest BCUT2D eigenvalue weighted by molar-refractivity contribution is 4.87. The standard InChI is InChI=1S/C12H25NO/c1-5-6-7-13-10-8-11(9-10)14-12(2,3)4/h10-11,13H,5-9H2,1-4H3. The van der Waals surface area contributed by atoms with Crippen LogP contribution in [0.5, 0.6) is 0 Å². The van der Waals surface area contributed by atoms with Crippen LogP contribution in [0.3, 0.4) is 0 Å². The summed E-state index contributed by atoms with van der Waals surface area (Å²) >= 11 is 0. The zero-order valence-electron chi connectivity index (χ0n) is 10.1. The zero-order valence-corrected chi connectivity index (χ0v) is 10.1. The average Bonchev–Trinajstić information content (AvgIpc) is 1.97. The SMILES string of the molecule is CCCCNC1CC(OC(C)(C)C)C1. The molecular formula is C12H25NO. The van der Waals surface area contributed by atoms with Crippen molar-refractivity contribution in [2.75, 3.05) is 6.54 Å². The Morgan fingerprint density at radius 1 is 1.29 bits per heavy atom. The fraction of sp³-hybridized carbons (Fsp3) is 1.00. The molecule has 2 nitrogen and oxygen atoms in total. The van der Waals surface area contributed by atoms with E-state index in [4.69, 9.17) is 4.74 Å². The molecule has 1 fully saturated rings. The third kappa shape index (κ3) is 4.43. The molecule has 0 amide bonds. The van der Waals surface area contributed by atoms with E-state index in [-0.39, 0.29) is 5.60 Å². The fourth-order valence-electron chi connectivity index (χ4n) is 1.81. The molecule has 0 spiro atoms. The van der Waals surface area contributed by atoms with Gasteiger partial charge in [0.1, 0.15) is 0 Å². The summed E-state index contributed by atoms with van der Waals surface area (Å²) in [6, 6.07) is 0.717. The Bertz CT molecular complexity index is 156. The summed E-state index contributed by atoms with van der Waals surface area (Å²) in [7, 11) is 0. The van der Waals surface area contributed by atoms with Crippen molar-refractivity contribution < 1.29 is 4.74 Å². The smallest absolute Gasteiger partial charge is 0.0612 e. The van der Waals surface area contributed by atoms with Crippen molar-refractivity contribution in [3.63, 3.8) is 0 Å². The van der Waals surface area contributed by atoms with Crippen LogP contribution in [0.2, 0.25) is 0 Å². The van der Waals surface area contributed by atoms with Crippen molar-refractivity contribution in [2.24, 2.45) is 0 Å².